The van der Waals surface area contributed by atoms with E-state index in [4.69, 9.17) is 0 Å². The SMILES string of the molecule is CCN(C(=O)c1ccc(Nc2cccc(NC(C)=O)c2)nn1)c1ccccc1. The van der Waals surface area contributed by atoms with Crippen LogP contribution in [0.2, 0.25) is 0 Å². The fraction of sp³-hybridized carbons (Fsp3) is 0.143. The molecule has 0 fully saturated rings. The standard InChI is InChI=1S/C21H21N5O2/c1-3-26(18-10-5-4-6-11-18)21(28)19-12-13-20(25-24-19)23-17-9-7-8-16(14-17)22-15(2)27/h4-14H,3H2,1-2H3,(H,22,27)(H,23,25). The fourth-order valence-corrected chi connectivity index (χ4v) is 2.73. The van der Waals surface area contributed by atoms with Gasteiger partial charge in [-0.3, -0.25) is 9.59 Å². The summed E-state index contributed by atoms with van der Waals surface area (Å²) in [5.41, 5.74) is 2.51. The van der Waals surface area contributed by atoms with E-state index >= 15 is 0 Å². The molecule has 0 radical (unpaired) electrons. The molecule has 0 atom stereocenters. The molecule has 1 aromatic heterocycles. The molecule has 2 N–H and O–H groups in total. The first kappa shape index (κ1) is 19.0. The van der Waals surface area contributed by atoms with Crippen LogP contribution in [0.3, 0.4) is 0 Å². The van der Waals surface area contributed by atoms with E-state index in [1.807, 2.05) is 49.4 Å². The van der Waals surface area contributed by atoms with Crippen LogP contribution < -0.4 is 15.5 Å². The lowest BCUT2D eigenvalue weighted by molar-refractivity contribution is -0.114. The number of carbonyl (C=O) groups excluding carboxylic acids is 2. The first-order valence-corrected chi connectivity index (χ1v) is 8.92. The van der Waals surface area contributed by atoms with E-state index in [1.165, 1.54) is 6.92 Å². The summed E-state index contributed by atoms with van der Waals surface area (Å²) >= 11 is 0. The molecule has 0 saturated carbocycles. The minimum Gasteiger partial charge on any atom is -0.339 e. The highest BCUT2D eigenvalue weighted by molar-refractivity contribution is 6.04. The summed E-state index contributed by atoms with van der Waals surface area (Å²) in [4.78, 5) is 25.6. The minimum absolute atomic E-state index is 0.140. The molecule has 0 aliphatic heterocycles. The number of benzene rings is 2. The van der Waals surface area contributed by atoms with Crippen molar-refractivity contribution in [2.45, 2.75) is 13.8 Å². The van der Waals surface area contributed by atoms with Crippen LogP contribution in [0.5, 0.6) is 0 Å². The lowest BCUT2D eigenvalue weighted by atomic mass is 10.2. The Morgan fingerprint density at radius 1 is 0.929 bits per heavy atom. The molecule has 2 aromatic carbocycles. The zero-order chi connectivity index (χ0) is 19.9. The van der Waals surface area contributed by atoms with Crippen LogP contribution in [-0.2, 0) is 4.79 Å². The molecular weight excluding hydrogens is 354 g/mol. The van der Waals surface area contributed by atoms with Crippen LogP contribution in [0, 0.1) is 0 Å². The van der Waals surface area contributed by atoms with E-state index in [9.17, 15) is 9.59 Å². The third kappa shape index (κ3) is 4.70. The molecule has 7 nitrogen and oxygen atoms in total. The van der Waals surface area contributed by atoms with Crippen molar-refractivity contribution in [3.63, 3.8) is 0 Å². The number of rotatable bonds is 6. The average molecular weight is 375 g/mol. The third-order valence-corrected chi connectivity index (χ3v) is 3.97. The molecule has 0 aliphatic carbocycles. The maximum atomic E-state index is 12.8. The van der Waals surface area contributed by atoms with Crippen LogP contribution in [0.25, 0.3) is 0 Å². The number of hydrogen-bond acceptors (Lipinski definition) is 5. The Hall–Kier alpha value is -3.74. The highest BCUT2D eigenvalue weighted by Crippen LogP contribution is 2.20. The van der Waals surface area contributed by atoms with Gasteiger partial charge in [-0.2, -0.15) is 0 Å². The molecule has 7 heteroatoms. The van der Waals surface area contributed by atoms with Gasteiger partial charge in [0, 0.05) is 30.5 Å². The average Bonchev–Trinajstić information content (AvgIpc) is 2.70. The normalized spacial score (nSPS) is 10.2. The summed E-state index contributed by atoms with van der Waals surface area (Å²) < 4.78 is 0. The number of aromatic nitrogens is 2. The van der Waals surface area contributed by atoms with Crippen molar-refractivity contribution in [3.8, 4) is 0 Å². The smallest absolute Gasteiger partial charge is 0.278 e. The summed E-state index contributed by atoms with van der Waals surface area (Å²) in [5.74, 6) is 0.151. The molecular formula is C21H21N5O2. The molecule has 2 amide bonds. The number of amides is 2. The van der Waals surface area contributed by atoms with Crippen molar-refractivity contribution in [1.82, 2.24) is 10.2 Å². The van der Waals surface area contributed by atoms with Crippen LogP contribution in [0.1, 0.15) is 24.3 Å². The molecule has 0 bridgehead atoms. The van der Waals surface area contributed by atoms with E-state index in [0.29, 0.717) is 18.1 Å². The first-order valence-electron chi connectivity index (χ1n) is 8.92. The minimum atomic E-state index is -0.208. The van der Waals surface area contributed by atoms with Crippen molar-refractivity contribution >= 4 is 34.7 Å². The van der Waals surface area contributed by atoms with Gasteiger partial charge in [-0.25, -0.2) is 0 Å². The van der Waals surface area contributed by atoms with Gasteiger partial charge in [0.25, 0.3) is 5.91 Å². The molecule has 28 heavy (non-hydrogen) atoms. The second kappa shape index (κ2) is 8.77. The number of para-hydroxylation sites is 1. The molecule has 142 valence electrons. The largest absolute Gasteiger partial charge is 0.339 e. The monoisotopic (exact) mass is 375 g/mol. The van der Waals surface area contributed by atoms with E-state index in [-0.39, 0.29) is 17.5 Å². The van der Waals surface area contributed by atoms with E-state index in [0.717, 1.165) is 11.4 Å². The van der Waals surface area contributed by atoms with E-state index < -0.39 is 0 Å². The predicted octanol–water partition coefficient (Wildman–Crippen LogP) is 3.85. The zero-order valence-corrected chi connectivity index (χ0v) is 15.7. The third-order valence-electron chi connectivity index (χ3n) is 3.97. The maximum absolute atomic E-state index is 12.8. The quantitative estimate of drug-likeness (QED) is 0.683. The van der Waals surface area contributed by atoms with Gasteiger partial charge in [0.2, 0.25) is 5.91 Å². The summed E-state index contributed by atoms with van der Waals surface area (Å²) in [6.45, 7) is 3.90. The Morgan fingerprint density at radius 2 is 1.68 bits per heavy atom. The zero-order valence-electron chi connectivity index (χ0n) is 15.7. The Labute approximate surface area is 163 Å². The number of carbonyl (C=O) groups is 2. The number of anilines is 4. The fourth-order valence-electron chi connectivity index (χ4n) is 2.73. The second-order valence-electron chi connectivity index (χ2n) is 6.08. The first-order chi connectivity index (χ1) is 13.6. The highest BCUT2D eigenvalue weighted by atomic mass is 16.2. The van der Waals surface area contributed by atoms with Gasteiger partial charge < -0.3 is 15.5 Å². The van der Waals surface area contributed by atoms with Crippen molar-refractivity contribution in [1.29, 1.82) is 0 Å². The summed E-state index contributed by atoms with van der Waals surface area (Å²) in [6.07, 6.45) is 0. The molecule has 3 rings (SSSR count). The van der Waals surface area contributed by atoms with Crippen LogP contribution in [0.15, 0.2) is 66.7 Å². The molecule has 0 unspecified atom stereocenters. The van der Waals surface area contributed by atoms with Crippen molar-refractivity contribution < 1.29 is 9.59 Å². The van der Waals surface area contributed by atoms with Gasteiger partial charge in [0.05, 0.1) is 0 Å². The van der Waals surface area contributed by atoms with E-state index in [1.54, 1.807) is 29.2 Å². The Balaban J connectivity index is 1.73. The van der Waals surface area contributed by atoms with E-state index in [2.05, 4.69) is 20.8 Å². The van der Waals surface area contributed by atoms with Gasteiger partial charge in [-0.1, -0.05) is 24.3 Å². The molecule has 3 aromatic rings. The Bertz CT molecular complexity index is 958. The molecule has 1 heterocycles. The molecule has 0 spiro atoms. The van der Waals surface area contributed by atoms with Crippen LogP contribution >= 0.6 is 0 Å². The molecule has 0 aliphatic rings. The highest BCUT2D eigenvalue weighted by Gasteiger charge is 2.17. The summed E-state index contributed by atoms with van der Waals surface area (Å²) in [5, 5.41) is 14.0. The number of nitrogens with zero attached hydrogens (tertiary/aromatic N) is 3. The van der Waals surface area contributed by atoms with Gasteiger partial charge in [0.1, 0.15) is 0 Å². The van der Waals surface area contributed by atoms with Crippen molar-refractivity contribution in [2.24, 2.45) is 0 Å². The topological polar surface area (TPSA) is 87.2 Å². The predicted molar refractivity (Wildman–Crippen MR) is 110 cm³/mol. The van der Waals surface area contributed by atoms with Crippen molar-refractivity contribution in [2.75, 3.05) is 22.1 Å². The Morgan fingerprint density at radius 3 is 2.32 bits per heavy atom. The Kier molecular flexibility index (Phi) is 5.96. The lowest BCUT2D eigenvalue weighted by Crippen LogP contribution is -2.31. The van der Waals surface area contributed by atoms with Crippen LogP contribution in [0.4, 0.5) is 22.9 Å². The lowest BCUT2D eigenvalue weighted by Gasteiger charge is -2.20. The summed E-state index contributed by atoms with van der Waals surface area (Å²) in [7, 11) is 0. The van der Waals surface area contributed by atoms with Crippen molar-refractivity contribution in [3.05, 3.63) is 72.4 Å². The second-order valence-corrected chi connectivity index (χ2v) is 6.08. The van der Waals surface area contributed by atoms with Gasteiger partial charge in [-0.15, -0.1) is 10.2 Å². The number of hydrogen-bond donors (Lipinski definition) is 2. The summed E-state index contributed by atoms with van der Waals surface area (Å²) in [6, 6.07) is 20.0. The van der Waals surface area contributed by atoms with Gasteiger partial charge in [-0.05, 0) is 49.4 Å². The van der Waals surface area contributed by atoms with Gasteiger partial charge in [0.15, 0.2) is 11.5 Å². The molecule has 0 saturated heterocycles. The van der Waals surface area contributed by atoms with Gasteiger partial charge >= 0.3 is 0 Å². The van der Waals surface area contributed by atoms with Crippen LogP contribution in [-0.4, -0.2) is 28.6 Å². The number of nitrogens with one attached hydrogen (secondary N) is 2. The maximum Gasteiger partial charge on any atom is 0.278 e.